The highest BCUT2D eigenvalue weighted by atomic mass is 79.9. The number of hydrogen-bond acceptors (Lipinski definition) is 6. The molecule has 0 spiro atoms. The van der Waals surface area contributed by atoms with E-state index in [0.29, 0.717) is 17.0 Å². The van der Waals surface area contributed by atoms with Gasteiger partial charge in [-0.05, 0) is 55.8 Å². The second kappa shape index (κ2) is 10.5. The molecule has 4 aromatic rings. The maximum atomic E-state index is 13.0. The monoisotopic (exact) mass is 553 g/mol. The minimum Gasteiger partial charge on any atom is -0.378 e. The van der Waals surface area contributed by atoms with E-state index in [2.05, 4.69) is 31.1 Å². The van der Waals surface area contributed by atoms with Crippen LogP contribution in [-0.2, 0) is 10.0 Å². The predicted octanol–water partition coefficient (Wildman–Crippen LogP) is 6.28. The quantitative estimate of drug-likeness (QED) is 0.236. The number of anilines is 2. The van der Waals surface area contributed by atoms with Crippen LogP contribution in [0.25, 0.3) is 0 Å². The van der Waals surface area contributed by atoms with E-state index in [1.165, 1.54) is 18.2 Å². The van der Waals surface area contributed by atoms with E-state index in [1.807, 2.05) is 43.3 Å². The number of Topliss-reactive ketones (excluding diaryl/α,β-unsaturated/α-hetero) is 1. The molecule has 1 unspecified atom stereocenters. The molecule has 2 N–H and O–H groups in total. The van der Waals surface area contributed by atoms with Crippen molar-refractivity contribution in [3.05, 3.63) is 106 Å². The summed E-state index contributed by atoms with van der Waals surface area (Å²) in [5.74, 6) is 0.626. The van der Waals surface area contributed by atoms with Crippen molar-refractivity contribution in [2.75, 3.05) is 10.0 Å². The van der Waals surface area contributed by atoms with Gasteiger partial charge in [0.2, 0.25) is 0 Å². The van der Waals surface area contributed by atoms with E-state index < -0.39 is 10.0 Å². The second-order valence-electron chi connectivity index (χ2n) is 8.20. The van der Waals surface area contributed by atoms with Crippen LogP contribution in [0.4, 0.5) is 11.5 Å². The molecule has 4 rings (SSSR count). The molecule has 0 fully saturated rings. The number of rotatable bonds is 9. The zero-order valence-electron chi connectivity index (χ0n) is 19.2. The molecule has 9 heteroatoms. The van der Waals surface area contributed by atoms with Crippen LogP contribution in [0.2, 0.25) is 0 Å². The smallest absolute Gasteiger partial charge is 0.263 e. The lowest BCUT2D eigenvalue weighted by Gasteiger charge is -2.21. The maximum absolute atomic E-state index is 13.0. The van der Waals surface area contributed by atoms with Gasteiger partial charge in [0.05, 0.1) is 10.9 Å². The Morgan fingerprint density at radius 2 is 1.71 bits per heavy atom. The second-order valence-corrected chi connectivity index (χ2v) is 10.8. The van der Waals surface area contributed by atoms with Crippen LogP contribution in [-0.4, -0.2) is 19.4 Å². The van der Waals surface area contributed by atoms with Gasteiger partial charge >= 0.3 is 0 Å². The van der Waals surface area contributed by atoms with Crippen molar-refractivity contribution in [3.63, 3.8) is 0 Å². The Bertz CT molecular complexity index is 1430. The fourth-order valence-electron chi connectivity index (χ4n) is 3.62. The topological polar surface area (TPSA) is 101 Å². The average Bonchev–Trinajstić information content (AvgIpc) is 3.23. The van der Waals surface area contributed by atoms with Gasteiger partial charge in [0.1, 0.15) is 5.76 Å². The van der Waals surface area contributed by atoms with Gasteiger partial charge in [0.15, 0.2) is 11.6 Å². The summed E-state index contributed by atoms with van der Waals surface area (Å²) in [6.07, 6.45) is 0.234. The highest BCUT2D eigenvalue weighted by Crippen LogP contribution is 2.27. The molecule has 0 saturated carbocycles. The van der Waals surface area contributed by atoms with E-state index in [4.69, 9.17) is 4.52 Å². The minimum absolute atomic E-state index is 0.00260. The summed E-state index contributed by atoms with van der Waals surface area (Å²) in [6, 6.07) is 22.8. The fraction of sp³-hybridized carbons (Fsp3) is 0.154. The molecule has 0 aliphatic rings. The summed E-state index contributed by atoms with van der Waals surface area (Å²) in [5, 5.41) is 7.06. The van der Waals surface area contributed by atoms with E-state index >= 15 is 0 Å². The average molecular weight is 554 g/mol. The first-order valence-electron chi connectivity index (χ1n) is 10.9. The highest BCUT2D eigenvalue weighted by molar-refractivity contribution is 9.10. The standard InChI is InChI=1S/C26H24BrN3O4S/c1-17-4-3-5-20(14-17)24(16-25(31)19-6-8-21(27)9-7-19)28-22-10-12-23(13-11-22)35(32,33)30-26-15-18(2)34-29-26/h3-15,24,28H,16H2,1-2H3,(H,29,30). The van der Waals surface area contributed by atoms with Gasteiger partial charge in [-0.2, -0.15) is 0 Å². The summed E-state index contributed by atoms with van der Waals surface area (Å²) in [4.78, 5) is 13.1. The molecule has 1 atom stereocenters. The molecule has 1 heterocycles. The lowest BCUT2D eigenvalue weighted by molar-refractivity contribution is 0.0976. The number of carbonyl (C=O) groups excluding carboxylic acids is 1. The Kier molecular flexibility index (Phi) is 7.37. The first-order chi connectivity index (χ1) is 16.7. The van der Waals surface area contributed by atoms with Gasteiger partial charge in [-0.15, -0.1) is 0 Å². The summed E-state index contributed by atoms with van der Waals surface area (Å²) < 4.78 is 33.6. The molecule has 0 bridgehead atoms. The zero-order chi connectivity index (χ0) is 25.0. The van der Waals surface area contributed by atoms with Crippen molar-refractivity contribution in [1.82, 2.24) is 5.16 Å². The number of sulfonamides is 1. The van der Waals surface area contributed by atoms with Crippen LogP contribution in [0.5, 0.6) is 0 Å². The van der Waals surface area contributed by atoms with Crippen molar-refractivity contribution < 1.29 is 17.7 Å². The molecule has 0 radical (unpaired) electrons. The molecule has 3 aromatic carbocycles. The van der Waals surface area contributed by atoms with Crippen molar-refractivity contribution in [2.24, 2.45) is 0 Å². The number of halogens is 1. The van der Waals surface area contributed by atoms with Crippen molar-refractivity contribution in [1.29, 1.82) is 0 Å². The van der Waals surface area contributed by atoms with Crippen molar-refractivity contribution >= 4 is 43.2 Å². The van der Waals surface area contributed by atoms with Gasteiger partial charge in [0, 0.05) is 28.2 Å². The summed E-state index contributed by atoms with van der Waals surface area (Å²) in [7, 11) is -3.82. The van der Waals surface area contributed by atoms with Gasteiger partial charge < -0.3 is 9.84 Å². The van der Waals surface area contributed by atoms with Crippen LogP contribution < -0.4 is 10.0 Å². The molecular formula is C26H24BrN3O4S. The van der Waals surface area contributed by atoms with E-state index in [-0.39, 0.29) is 29.0 Å². The number of nitrogens with zero attached hydrogens (tertiary/aromatic N) is 1. The molecule has 7 nitrogen and oxygen atoms in total. The van der Waals surface area contributed by atoms with E-state index in [1.54, 1.807) is 31.2 Å². The summed E-state index contributed by atoms with van der Waals surface area (Å²) >= 11 is 3.39. The molecule has 0 aliphatic carbocycles. The largest absolute Gasteiger partial charge is 0.378 e. The molecule has 0 aliphatic heterocycles. The number of ketones is 1. The summed E-state index contributed by atoms with van der Waals surface area (Å²) in [5.41, 5.74) is 3.37. The number of hydrogen-bond donors (Lipinski definition) is 2. The number of aryl methyl sites for hydroxylation is 2. The molecule has 0 saturated heterocycles. The van der Waals surface area contributed by atoms with Crippen LogP contribution in [0, 0.1) is 13.8 Å². The van der Waals surface area contributed by atoms with Crippen LogP contribution in [0.15, 0.2) is 92.8 Å². The minimum atomic E-state index is -3.82. The van der Waals surface area contributed by atoms with Crippen LogP contribution >= 0.6 is 15.9 Å². The Balaban J connectivity index is 1.54. The van der Waals surface area contributed by atoms with Crippen molar-refractivity contribution in [3.8, 4) is 0 Å². The van der Waals surface area contributed by atoms with Gasteiger partial charge in [-0.1, -0.05) is 63.0 Å². The molecule has 0 amide bonds. The van der Waals surface area contributed by atoms with E-state index in [0.717, 1.165) is 15.6 Å². The Hall–Kier alpha value is -3.43. The SMILES string of the molecule is Cc1cccc(C(CC(=O)c2ccc(Br)cc2)Nc2ccc(S(=O)(=O)Nc3cc(C)on3)cc2)c1. The first kappa shape index (κ1) is 24.7. The normalized spacial score (nSPS) is 12.2. The number of benzene rings is 3. The maximum Gasteiger partial charge on any atom is 0.263 e. The first-order valence-corrected chi connectivity index (χ1v) is 13.2. The Morgan fingerprint density at radius 1 is 1.00 bits per heavy atom. The lowest BCUT2D eigenvalue weighted by Crippen LogP contribution is -2.16. The third-order valence-electron chi connectivity index (χ3n) is 5.37. The number of nitrogens with one attached hydrogen (secondary N) is 2. The van der Waals surface area contributed by atoms with Crippen molar-refractivity contribution in [2.45, 2.75) is 31.2 Å². The number of carbonyl (C=O) groups is 1. The van der Waals surface area contributed by atoms with Gasteiger partial charge in [-0.3, -0.25) is 9.52 Å². The van der Waals surface area contributed by atoms with Gasteiger partial charge in [0.25, 0.3) is 10.0 Å². The third kappa shape index (κ3) is 6.37. The third-order valence-corrected chi connectivity index (χ3v) is 7.27. The fourth-order valence-corrected chi connectivity index (χ4v) is 4.87. The Morgan fingerprint density at radius 3 is 2.34 bits per heavy atom. The van der Waals surface area contributed by atoms with Gasteiger partial charge in [-0.25, -0.2) is 8.42 Å². The zero-order valence-corrected chi connectivity index (χ0v) is 21.6. The molecule has 1 aromatic heterocycles. The van der Waals surface area contributed by atoms with Crippen LogP contribution in [0.1, 0.15) is 39.7 Å². The van der Waals surface area contributed by atoms with Crippen LogP contribution in [0.3, 0.4) is 0 Å². The van der Waals surface area contributed by atoms with E-state index in [9.17, 15) is 13.2 Å². The molecular weight excluding hydrogens is 530 g/mol. The number of aromatic nitrogens is 1. The summed E-state index contributed by atoms with van der Waals surface area (Å²) in [6.45, 7) is 3.68. The predicted molar refractivity (Wildman–Crippen MR) is 139 cm³/mol. The highest BCUT2D eigenvalue weighted by Gasteiger charge is 2.19. The molecule has 35 heavy (non-hydrogen) atoms. The Labute approximate surface area is 212 Å². The lowest BCUT2D eigenvalue weighted by atomic mass is 9.96. The molecule has 180 valence electrons.